The standard InChI is InChI=1S/C15H15BrFNO3S/c1-3-18(12-6-4-5-11(17)9-12)22(19,20)13-7-8-15(21-2)14(16)10-13/h4-10H,3H2,1-2H3. The van der Waals surface area contributed by atoms with Crippen LogP contribution in [-0.4, -0.2) is 22.1 Å². The van der Waals surface area contributed by atoms with E-state index in [-0.39, 0.29) is 17.1 Å². The van der Waals surface area contributed by atoms with Crippen LogP contribution in [-0.2, 0) is 10.0 Å². The van der Waals surface area contributed by atoms with Crippen molar-refractivity contribution in [3.05, 3.63) is 52.8 Å². The lowest BCUT2D eigenvalue weighted by atomic mass is 10.3. The zero-order valence-corrected chi connectivity index (χ0v) is 14.5. The lowest BCUT2D eigenvalue weighted by molar-refractivity contribution is 0.411. The van der Waals surface area contributed by atoms with Gasteiger partial charge in [0.15, 0.2) is 0 Å². The van der Waals surface area contributed by atoms with Gasteiger partial charge in [-0.15, -0.1) is 0 Å². The molecule has 7 heteroatoms. The van der Waals surface area contributed by atoms with Crippen LogP contribution in [0.2, 0.25) is 0 Å². The van der Waals surface area contributed by atoms with Crippen molar-refractivity contribution in [2.24, 2.45) is 0 Å². The fourth-order valence-corrected chi connectivity index (χ4v) is 4.24. The average Bonchev–Trinajstić information content (AvgIpc) is 2.47. The Morgan fingerprint density at radius 1 is 1.23 bits per heavy atom. The van der Waals surface area contributed by atoms with Crippen LogP contribution in [0.5, 0.6) is 5.75 Å². The monoisotopic (exact) mass is 387 g/mol. The Morgan fingerprint density at radius 2 is 1.95 bits per heavy atom. The van der Waals surface area contributed by atoms with E-state index < -0.39 is 15.8 Å². The zero-order chi connectivity index (χ0) is 16.3. The second kappa shape index (κ2) is 6.66. The van der Waals surface area contributed by atoms with Gasteiger partial charge in [0.25, 0.3) is 10.0 Å². The quantitative estimate of drug-likeness (QED) is 0.783. The summed E-state index contributed by atoms with van der Waals surface area (Å²) in [4.78, 5) is 0.103. The van der Waals surface area contributed by atoms with Gasteiger partial charge >= 0.3 is 0 Å². The van der Waals surface area contributed by atoms with E-state index in [1.165, 1.54) is 37.4 Å². The Kier molecular flexibility index (Phi) is 5.08. The molecule has 0 unspecified atom stereocenters. The maximum atomic E-state index is 13.4. The fraction of sp³-hybridized carbons (Fsp3) is 0.200. The van der Waals surface area contributed by atoms with Crippen molar-refractivity contribution < 1.29 is 17.5 Å². The Labute approximate surface area is 137 Å². The highest BCUT2D eigenvalue weighted by atomic mass is 79.9. The highest BCUT2D eigenvalue weighted by molar-refractivity contribution is 9.10. The second-order valence-corrected chi connectivity index (χ2v) is 7.16. The maximum Gasteiger partial charge on any atom is 0.264 e. The number of ether oxygens (including phenoxy) is 1. The molecule has 2 aromatic carbocycles. The van der Waals surface area contributed by atoms with Crippen LogP contribution in [0.3, 0.4) is 0 Å². The van der Waals surface area contributed by atoms with Crippen LogP contribution in [0.4, 0.5) is 10.1 Å². The van der Waals surface area contributed by atoms with Gasteiger partial charge in [-0.1, -0.05) is 6.07 Å². The summed E-state index contributed by atoms with van der Waals surface area (Å²) < 4.78 is 45.7. The van der Waals surface area contributed by atoms with Gasteiger partial charge in [0.05, 0.1) is 22.2 Å². The molecule has 0 aromatic heterocycles. The topological polar surface area (TPSA) is 46.6 Å². The van der Waals surface area contributed by atoms with Gasteiger partial charge in [-0.25, -0.2) is 12.8 Å². The Balaban J connectivity index is 2.49. The van der Waals surface area contributed by atoms with Crippen LogP contribution >= 0.6 is 15.9 Å². The van der Waals surface area contributed by atoms with Crippen molar-refractivity contribution >= 4 is 31.6 Å². The molecule has 0 bridgehead atoms. The Hall–Kier alpha value is -1.60. The lowest BCUT2D eigenvalue weighted by Crippen LogP contribution is -2.30. The van der Waals surface area contributed by atoms with Crippen molar-refractivity contribution in [2.75, 3.05) is 18.0 Å². The predicted octanol–water partition coefficient (Wildman–Crippen LogP) is 3.81. The van der Waals surface area contributed by atoms with Gasteiger partial charge in [-0.05, 0) is 59.3 Å². The molecular formula is C15H15BrFNO3S. The molecule has 2 aromatic rings. The van der Waals surface area contributed by atoms with E-state index in [9.17, 15) is 12.8 Å². The smallest absolute Gasteiger partial charge is 0.264 e. The van der Waals surface area contributed by atoms with Crippen LogP contribution in [0.1, 0.15) is 6.92 Å². The van der Waals surface area contributed by atoms with E-state index in [1.54, 1.807) is 19.1 Å². The summed E-state index contributed by atoms with van der Waals surface area (Å²) in [6.07, 6.45) is 0. The van der Waals surface area contributed by atoms with Gasteiger partial charge in [0.1, 0.15) is 11.6 Å². The average molecular weight is 388 g/mol. The molecule has 0 radical (unpaired) electrons. The predicted molar refractivity (Wildman–Crippen MR) is 87.3 cm³/mol. The summed E-state index contributed by atoms with van der Waals surface area (Å²) >= 11 is 3.27. The molecule has 22 heavy (non-hydrogen) atoms. The minimum atomic E-state index is -3.79. The molecule has 0 saturated heterocycles. The first kappa shape index (κ1) is 16.8. The van der Waals surface area contributed by atoms with Gasteiger partial charge in [-0.2, -0.15) is 0 Å². The molecule has 0 amide bonds. The number of sulfonamides is 1. The minimum Gasteiger partial charge on any atom is -0.496 e. The zero-order valence-electron chi connectivity index (χ0n) is 12.1. The molecule has 2 rings (SSSR count). The second-order valence-electron chi connectivity index (χ2n) is 4.45. The fourth-order valence-electron chi connectivity index (χ4n) is 2.06. The third-order valence-electron chi connectivity index (χ3n) is 3.09. The summed E-state index contributed by atoms with van der Waals surface area (Å²) in [6, 6.07) is 10.00. The van der Waals surface area contributed by atoms with E-state index in [1.807, 2.05) is 0 Å². The van der Waals surface area contributed by atoms with Crippen LogP contribution in [0.25, 0.3) is 0 Å². The molecule has 0 saturated carbocycles. The maximum absolute atomic E-state index is 13.4. The van der Waals surface area contributed by atoms with Crippen LogP contribution < -0.4 is 9.04 Å². The number of hydrogen-bond acceptors (Lipinski definition) is 3. The van der Waals surface area contributed by atoms with E-state index in [2.05, 4.69) is 15.9 Å². The van der Waals surface area contributed by atoms with E-state index in [0.29, 0.717) is 10.2 Å². The molecule has 0 aliphatic heterocycles. The number of anilines is 1. The molecule has 4 nitrogen and oxygen atoms in total. The summed E-state index contributed by atoms with van der Waals surface area (Å²) in [5.74, 6) is 0.0508. The number of methoxy groups -OCH3 is 1. The summed E-state index contributed by atoms with van der Waals surface area (Å²) in [5.41, 5.74) is 0.287. The summed E-state index contributed by atoms with van der Waals surface area (Å²) in [6.45, 7) is 1.89. The highest BCUT2D eigenvalue weighted by Crippen LogP contribution is 2.30. The van der Waals surface area contributed by atoms with Gasteiger partial charge < -0.3 is 4.74 Å². The number of halogens is 2. The first-order valence-corrected chi connectivity index (χ1v) is 8.75. The third-order valence-corrected chi connectivity index (χ3v) is 5.61. The van der Waals surface area contributed by atoms with Crippen molar-refractivity contribution in [1.82, 2.24) is 0 Å². The minimum absolute atomic E-state index is 0.103. The SMILES string of the molecule is CCN(c1cccc(F)c1)S(=O)(=O)c1ccc(OC)c(Br)c1. The summed E-state index contributed by atoms with van der Waals surface area (Å²) in [7, 11) is -2.29. The van der Waals surface area contributed by atoms with Crippen molar-refractivity contribution in [3.63, 3.8) is 0 Å². The molecule has 0 aliphatic carbocycles. The first-order valence-electron chi connectivity index (χ1n) is 6.52. The molecule has 0 spiro atoms. The van der Waals surface area contributed by atoms with E-state index >= 15 is 0 Å². The van der Waals surface area contributed by atoms with Gasteiger partial charge in [0, 0.05) is 6.54 Å². The van der Waals surface area contributed by atoms with Crippen LogP contribution in [0.15, 0.2) is 51.8 Å². The molecular weight excluding hydrogens is 373 g/mol. The number of nitrogens with zero attached hydrogens (tertiary/aromatic N) is 1. The number of hydrogen-bond donors (Lipinski definition) is 0. The largest absolute Gasteiger partial charge is 0.496 e. The van der Waals surface area contributed by atoms with Crippen molar-refractivity contribution in [1.29, 1.82) is 0 Å². The Bertz CT molecular complexity index is 780. The molecule has 0 aliphatic rings. The number of rotatable bonds is 5. The van der Waals surface area contributed by atoms with Gasteiger partial charge in [-0.3, -0.25) is 4.31 Å². The lowest BCUT2D eigenvalue weighted by Gasteiger charge is -2.23. The summed E-state index contributed by atoms with van der Waals surface area (Å²) in [5, 5.41) is 0. The van der Waals surface area contributed by atoms with Crippen LogP contribution in [0, 0.1) is 5.82 Å². The third kappa shape index (κ3) is 3.25. The normalized spacial score (nSPS) is 11.3. The van der Waals surface area contributed by atoms with Crippen molar-refractivity contribution in [2.45, 2.75) is 11.8 Å². The van der Waals surface area contributed by atoms with E-state index in [4.69, 9.17) is 4.74 Å². The molecule has 0 N–H and O–H groups in total. The molecule has 118 valence electrons. The van der Waals surface area contributed by atoms with Crippen molar-refractivity contribution in [3.8, 4) is 5.75 Å². The Morgan fingerprint density at radius 3 is 2.50 bits per heavy atom. The van der Waals surface area contributed by atoms with Gasteiger partial charge in [0.2, 0.25) is 0 Å². The molecule has 0 heterocycles. The van der Waals surface area contributed by atoms with E-state index in [0.717, 1.165) is 4.31 Å². The highest BCUT2D eigenvalue weighted by Gasteiger charge is 2.24. The first-order chi connectivity index (χ1) is 10.4. The molecule has 0 atom stereocenters. The number of benzene rings is 2. The molecule has 0 fully saturated rings.